The monoisotopic (exact) mass is 532 g/mol. The number of para-hydroxylation sites is 1. The molecular weight excluding hydrogens is 515 g/mol. The van der Waals surface area contributed by atoms with Gasteiger partial charge >= 0.3 is 0 Å². The molecule has 0 aliphatic carbocycles. The number of carbonyl (C=O) groups excluding carboxylic acids is 2. The maximum atomic E-state index is 13.4. The van der Waals surface area contributed by atoms with Crippen LogP contribution in [0.2, 0.25) is 10.0 Å². The van der Waals surface area contributed by atoms with E-state index in [1.54, 1.807) is 36.5 Å². The molecule has 3 aromatic heterocycles. The van der Waals surface area contributed by atoms with Crippen LogP contribution in [0.1, 0.15) is 26.7 Å². The van der Waals surface area contributed by atoms with E-state index >= 15 is 0 Å². The fourth-order valence-electron chi connectivity index (χ4n) is 3.56. The molecule has 0 bridgehead atoms. The fraction of sp³-hybridized carbons (Fsp3) is 0.0385. The summed E-state index contributed by atoms with van der Waals surface area (Å²) in [5.74, 6) is -0.360. The Hall–Kier alpha value is -4.47. The number of aromatic nitrogens is 4. The number of benzene rings is 2. The van der Waals surface area contributed by atoms with Gasteiger partial charge in [0, 0.05) is 17.8 Å². The minimum absolute atomic E-state index is 0.0853. The molecule has 0 aliphatic rings. The summed E-state index contributed by atoms with van der Waals surface area (Å²) in [6.07, 6.45) is 4.54. The number of hydrogen-bond acceptors (Lipinski definition) is 6. The van der Waals surface area contributed by atoms with Gasteiger partial charge < -0.3 is 15.1 Å². The second kappa shape index (κ2) is 10.7. The van der Waals surface area contributed by atoms with E-state index in [0.29, 0.717) is 27.9 Å². The largest absolute Gasteiger partial charge is 0.447 e. The molecule has 9 nitrogen and oxygen atoms in total. The third-order valence-corrected chi connectivity index (χ3v) is 5.94. The lowest BCUT2D eigenvalue weighted by Gasteiger charge is -2.12. The molecular formula is C26H18Cl2N6O3. The predicted octanol–water partition coefficient (Wildman–Crippen LogP) is 5.41. The first-order valence-corrected chi connectivity index (χ1v) is 11.8. The van der Waals surface area contributed by atoms with E-state index in [9.17, 15) is 9.59 Å². The van der Waals surface area contributed by atoms with Crippen LogP contribution in [0.15, 0.2) is 89.8 Å². The van der Waals surface area contributed by atoms with Gasteiger partial charge in [-0.2, -0.15) is 5.10 Å². The number of hydrogen-bond donors (Lipinski definition) is 2. The number of halogens is 2. The van der Waals surface area contributed by atoms with Gasteiger partial charge in [0.15, 0.2) is 5.69 Å². The van der Waals surface area contributed by atoms with Gasteiger partial charge in [-0.05, 0) is 36.4 Å². The van der Waals surface area contributed by atoms with E-state index in [4.69, 9.17) is 27.6 Å². The molecule has 2 amide bonds. The van der Waals surface area contributed by atoms with Crippen LogP contribution in [0.4, 0.5) is 5.82 Å². The molecule has 0 saturated carbocycles. The minimum Gasteiger partial charge on any atom is -0.447 e. The van der Waals surface area contributed by atoms with E-state index in [-0.39, 0.29) is 28.6 Å². The number of carbonyl (C=O) groups is 2. The SMILES string of the molecule is O=C(NCc1ncco1)c1cc(NC(=O)c2cc(-c3ccccn3)c(Cl)cc2Cl)n(-c2ccccc2)n1. The Morgan fingerprint density at radius 3 is 2.43 bits per heavy atom. The summed E-state index contributed by atoms with van der Waals surface area (Å²) in [4.78, 5) is 34.4. The average Bonchev–Trinajstić information content (AvgIpc) is 3.59. The van der Waals surface area contributed by atoms with Crippen LogP contribution in [-0.2, 0) is 6.54 Å². The van der Waals surface area contributed by atoms with Gasteiger partial charge in [-0.15, -0.1) is 0 Å². The quantitative estimate of drug-likeness (QED) is 0.289. The molecule has 5 rings (SSSR count). The Morgan fingerprint density at radius 2 is 1.70 bits per heavy atom. The zero-order chi connectivity index (χ0) is 25.8. The molecule has 0 unspecified atom stereocenters. The van der Waals surface area contributed by atoms with E-state index in [1.807, 2.05) is 24.3 Å². The zero-order valence-corrected chi connectivity index (χ0v) is 20.6. The van der Waals surface area contributed by atoms with E-state index < -0.39 is 11.8 Å². The highest BCUT2D eigenvalue weighted by Gasteiger charge is 2.21. The summed E-state index contributed by atoms with van der Waals surface area (Å²) in [5, 5.41) is 10.4. The summed E-state index contributed by atoms with van der Waals surface area (Å²) < 4.78 is 6.61. The van der Waals surface area contributed by atoms with Gasteiger partial charge in [0.25, 0.3) is 11.8 Å². The number of nitrogens with one attached hydrogen (secondary N) is 2. The number of anilines is 1. The smallest absolute Gasteiger partial charge is 0.272 e. The maximum absolute atomic E-state index is 13.4. The molecule has 0 spiro atoms. The normalized spacial score (nSPS) is 10.8. The summed E-state index contributed by atoms with van der Waals surface area (Å²) in [6.45, 7) is 0.0857. The summed E-state index contributed by atoms with van der Waals surface area (Å²) in [7, 11) is 0. The molecule has 3 heterocycles. The number of oxazole rings is 1. The van der Waals surface area contributed by atoms with Crippen molar-refractivity contribution in [2.75, 3.05) is 5.32 Å². The molecule has 184 valence electrons. The number of nitrogens with zero attached hydrogens (tertiary/aromatic N) is 4. The maximum Gasteiger partial charge on any atom is 0.272 e. The Labute approximate surface area is 221 Å². The highest BCUT2D eigenvalue weighted by molar-refractivity contribution is 6.38. The van der Waals surface area contributed by atoms with Crippen LogP contribution in [0.25, 0.3) is 16.9 Å². The first-order chi connectivity index (χ1) is 18.0. The van der Waals surface area contributed by atoms with Crippen LogP contribution in [0.3, 0.4) is 0 Å². The van der Waals surface area contributed by atoms with Gasteiger partial charge in [0.2, 0.25) is 5.89 Å². The van der Waals surface area contributed by atoms with Crippen LogP contribution in [0.5, 0.6) is 0 Å². The van der Waals surface area contributed by atoms with Gasteiger partial charge in [-0.1, -0.05) is 47.5 Å². The molecule has 5 aromatic rings. The Bertz CT molecular complexity index is 1550. The number of amides is 2. The number of pyridine rings is 1. The Kier molecular flexibility index (Phi) is 6.98. The second-order valence-electron chi connectivity index (χ2n) is 7.75. The molecule has 0 aliphatic heterocycles. The van der Waals surface area contributed by atoms with Crippen molar-refractivity contribution in [3.8, 4) is 16.9 Å². The van der Waals surface area contributed by atoms with Crippen LogP contribution < -0.4 is 10.6 Å². The van der Waals surface area contributed by atoms with Crippen molar-refractivity contribution in [3.05, 3.63) is 113 Å². The topological polar surface area (TPSA) is 115 Å². The lowest BCUT2D eigenvalue weighted by Crippen LogP contribution is -2.23. The lowest BCUT2D eigenvalue weighted by atomic mass is 10.1. The molecule has 0 saturated heterocycles. The number of rotatable bonds is 7. The molecule has 2 N–H and O–H groups in total. The van der Waals surface area contributed by atoms with Crippen molar-refractivity contribution < 1.29 is 14.0 Å². The summed E-state index contributed by atoms with van der Waals surface area (Å²) in [5.41, 5.74) is 2.06. The van der Waals surface area contributed by atoms with Crippen molar-refractivity contribution in [2.24, 2.45) is 0 Å². The minimum atomic E-state index is -0.511. The molecule has 0 radical (unpaired) electrons. The molecule has 37 heavy (non-hydrogen) atoms. The van der Waals surface area contributed by atoms with Crippen LogP contribution in [-0.4, -0.2) is 31.6 Å². The molecule has 2 aromatic carbocycles. The van der Waals surface area contributed by atoms with E-state index in [0.717, 1.165) is 0 Å². The standard InChI is InChI=1S/C26H18Cl2N6O3/c27-19-13-20(28)18(12-17(19)21-8-4-5-9-29-21)25(35)32-23-14-22(26(36)31-15-24-30-10-11-37-24)33-34(23)16-6-2-1-3-7-16/h1-14H,15H2,(H,31,36)(H,32,35). The van der Waals surface area contributed by atoms with Crippen molar-refractivity contribution in [2.45, 2.75) is 6.54 Å². The first kappa shape index (κ1) is 24.2. The van der Waals surface area contributed by atoms with Crippen molar-refractivity contribution in [3.63, 3.8) is 0 Å². The van der Waals surface area contributed by atoms with Crippen LogP contribution in [0, 0.1) is 0 Å². The van der Waals surface area contributed by atoms with Crippen molar-refractivity contribution in [1.82, 2.24) is 25.1 Å². The van der Waals surface area contributed by atoms with E-state index in [1.165, 1.54) is 29.3 Å². The summed E-state index contributed by atoms with van der Waals surface area (Å²) in [6, 6.07) is 19.0. The lowest BCUT2D eigenvalue weighted by molar-refractivity contribution is 0.0941. The van der Waals surface area contributed by atoms with Crippen LogP contribution >= 0.6 is 23.2 Å². The second-order valence-corrected chi connectivity index (χ2v) is 8.57. The van der Waals surface area contributed by atoms with Gasteiger partial charge in [0.1, 0.15) is 12.1 Å². The Balaban J connectivity index is 1.46. The van der Waals surface area contributed by atoms with Gasteiger partial charge in [-0.3, -0.25) is 14.6 Å². The average molecular weight is 533 g/mol. The third kappa shape index (κ3) is 5.37. The molecule has 0 atom stereocenters. The zero-order valence-electron chi connectivity index (χ0n) is 19.1. The van der Waals surface area contributed by atoms with Gasteiger partial charge in [-0.25, -0.2) is 9.67 Å². The van der Waals surface area contributed by atoms with Crippen molar-refractivity contribution >= 4 is 40.8 Å². The van der Waals surface area contributed by atoms with Crippen molar-refractivity contribution in [1.29, 1.82) is 0 Å². The predicted molar refractivity (Wildman–Crippen MR) is 139 cm³/mol. The first-order valence-electron chi connectivity index (χ1n) is 11.0. The highest BCUT2D eigenvalue weighted by atomic mass is 35.5. The highest BCUT2D eigenvalue weighted by Crippen LogP contribution is 2.32. The van der Waals surface area contributed by atoms with E-state index in [2.05, 4.69) is 25.7 Å². The molecule has 11 heteroatoms. The van der Waals surface area contributed by atoms with Gasteiger partial charge in [0.05, 0.1) is 39.7 Å². The fourth-order valence-corrected chi connectivity index (χ4v) is 4.12. The molecule has 0 fully saturated rings. The summed E-state index contributed by atoms with van der Waals surface area (Å²) >= 11 is 12.8. The third-order valence-electron chi connectivity index (χ3n) is 5.31. The Morgan fingerprint density at radius 1 is 0.892 bits per heavy atom.